The Morgan fingerprint density at radius 2 is 2.20 bits per heavy atom. The number of hydrogen-bond donors (Lipinski definition) is 0. The minimum Gasteiger partial charge on any atom is -0.402 e. The van der Waals surface area contributed by atoms with Crippen molar-refractivity contribution in [3.8, 4) is 0 Å². The number of ether oxygens (including phenoxy) is 1. The van der Waals surface area contributed by atoms with Crippen molar-refractivity contribution in [1.29, 1.82) is 0 Å². The number of aromatic nitrogens is 1. The number of hydrogen-bond acceptors (Lipinski definition) is 5. The lowest BCUT2D eigenvalue weighted by atomic mass is 10.1. The van der Waals surface area contributed by atoms with Gasteiger partial charge in [-0.3, -0.25) is 4.98 Å². The van der Waals surface area contributed by atoms with Gasteiger partial charge in [0.15, 0.2) is 5.70 Å². The zero-order chi connectivity index (χ0) is 17.6. The molecule has 1 aromatic carbocycles. The molecule has 2 heterocycles. The lowest BCUT2D eigenvalue weighted by Crippen LogP contribution is -2.05. The first-order valence-corrected chi connectivity index (χ1v) is 7.43. The molecule has 0 radical (unpaired) electrons. The molecule has 0 spiro atoms. The van der Waals surface area contributed by atoms with Gasteiger partial charge < -0.3 is 4.74 Å². The molecule has 1 aliphatic rings. The lowest BCUT2D eigenvalue weighted by Gasteiger charge is -2.00. The number of carbonyl (C=O) groups is 1. The van der Waals surface area contributed by atoms with E-state index in [2.05, 4.69) is 20.0 Å². The Labute approximate surface area is 143 Å². The third-order valence-electron chi connectivity index (χ3n) is 3.47. The Kier molecular flexibility index (Phi) is 4.69. The first-order valence-electron chi connectivity index (χ1n) is 7.43. The Bertz CT molecular complexity index is 955. The number of cyclic esters (lactones) is 1. The molecule has 25 heavy (non-hydrogen) atoms. The number of esters is 1. The molecule has 0 amide bonds. The van der Waals surface area contributed by atoms with Gasteiger partial charge in [0.2, 0.25) is 5.90 Å². The number of carbonyl (C=O) groups excluding carboxylic acids is 1. The van der Waals surface area contributed by atoms with Crippen LogP contribution in [0.15, 0.2) is 70.7 Å². The van der Waals surface area contributed by atoms with Crippen LogP contribution in [0.5, 0.6) is 0 Å². The van der Waals surface area contributed by atoms with E-state index in [9.17, 15) is 4.79 Å². The van der Waals surface area contributed by atoms with Crippen LogP contribution in [0.3, 0.4) is 0 Å². The molecule has 7 nitrogen and oxygen atoms in total. The molecule has 1 aliphatic heterocycles. The summed E-state index contributed by atoms with van der Waals surface area (Å²) in [6, 6.07) is 8.87. The summed E-state index contributed by atoms with van der Waals surface area (Å²) in [5, 5.41) is 3.56. The van der Waals surface area contributed by atoms with Gasteiger partial charge in [0.25, 0.3) is 0 Å². The smallest absolute Gasteiger partial charge is 0.363 e. The van der Waals surface area contributed by atoms with Gasteiger partial charge in [-0.2, -0.15) is 0 Å². The lowest BCUT2D eigenvalue weighted by molar-refractivity contribution is -0.130. The van der Waals surface area contributed by atoms with Gasteiger partial charge >= 0.3 is 5.97 Å². The van der Waals surface area contributed by atoms with Crippen molar-refractivity contribution >= 4 is 23.6 Å². The highest BCUT2D eigenvalue weighted by atomic mass is 16.6. The molecule has 7 heteroatoms. The van der Waals surface area contributed by atoms with E-state index in [4.69, 9.17) is 10.3 Å². The first-order chi connectivity index (χ1) is 12.2. The fourth-order valence-electron chi connectivity index (χ4n) is 2.24. The summed E-state index contributed by atoms with van der Waals surface area (Å²) < 4.78 is 5.15. The maximum Gasteiger partial charge on any atom is 0.363 e. The van der Waals surface area contributed by atoms with E-state index in [0.717, 1.165) is 11.1 Å². The average molecular weight is 331 g/mol. The van der Waals surface area contributed by atoms with E-state index >= 15 is 0 Å². The van der Waals surface area contributed by atoms with Crippen molar-refractivity contribution in [2.24, 2.45) is 10.1 Å². The van der Waals surface area contributed by atoms with Gasteiger partial charge in [-0.1, -0.05) is 29.4 Å². The van der Waals surface area contributed by atoms with Crippen LogP contribution < -0.4 is 0 Å². The predicted molar refractivity (Wildman–Crippen MR) is 94.0 cm³/mol. The molecule has 0 saturated heterocycles. The molecular weight excluding hydrogens is 318 g/mol. The summed E-state index contributed by atoms with van der Waals surface area (Å²) in [5.74, 6) is -0.258. The van der Waals surface area contributed by atoms with Gasteiger partial charge in [-0.05, 0) is 47.9 Å². The second-order valence-electron chi connectivity index (χ2n) is 5.19. The molecule has 0 unspecified atom stereocenters. The zero-order valence-corrected chi connectivity index (χ0v) is 13.3. The first kappa shape index (κ1) is 16.2. The van der Waals surface area contributed by atoms with Crippen molar-refractivity contribution in [2.75, 3.05) is 0 Å². The number of benzene rings is 1. The number of azide groups is 1. The highest BCUT2D eigenvalue weighted by molar-refractivity contribution is 6.11. The van der Waals surface area contributed by atoms with Crippen LogP contribution in [0.25, 0.3) is 16.5 Å². The number of aliphatic imine (C=N–C) groups is 1. The van der Waals surface area contributed by atoms with Gasteiger partial charge in [0, 0.05) is 23.0 Å². The third-order valence-corrected chi connectivity index (χ3v) is 3.47. The summed E-state index contributed by atoms with van der Waals surface area (Å²) in [6.45, 7) is 1.91. The summed E-state index contributed by atoms with van der Waals surface area (Å²) in [5.41, 5.74) is 11.8. The maximum atomic E-state index is 11.9. The van der Waals surface area contributed by atoms with Crippen LogP contribution in [0.2, 0.25) is 0 Å². The highest BCUT2D eigenvalue weighted by Gasteiger charge is 2.23. The second-order valence-corrected chi connectivity index (χ2v) is 5.19. The van der Waals surface area contributed by atoms with Crippen LogP contribution in [-0.4, -0.2) is 16.9 Å². The molecule has 0 aliphatic carbocycles. The molecule has 122 valence electrons. The molecule has 3 rings (SSSR count). The highest BCUT2D eigenvalue weighted by Crippen LogP contribution is 2.20. The molecule has 0 N–H and O–H groups in total. The normalized spacial score (nSPS) is 15.2. The number of aryl methyl sites for hydroxylation is 1. The second kappa shape index (κ2) is 7.25. The fraction of sp³-hybridized carbons (Fsp3) is 0.0556. The summed E-state index contributed by atoms with van der Waals surface area (Å²) in [6.07, 6.45) is 8.37. The predicted octanol–water partition coefficient (Wildman–Crippen LogP) is 4.23. The van der Waals surface area contributed by atoms with Crippen molar-refractivity contribution in [1.82, 2.24) is 4.98 Å². The summed E-state index contributed by atoms with van der Waals surface area (Å²) >= 11 is 0. The van der Waals surface area contributed by atoms with Gasteiger partial charge in [-0.15, -0.1) is 0 Å². The quantitative estimate of drug-likeness (QED) is 0.275. The monoisotopic (exact) mass is 331 g/mol. The van der Waals surface area contributed by atoms with E-state index in [-0.39, 0.29) is 11.6 Å². The number of nitrogens with zero attached hydrogens (tertiary/aromatic N) is 5. The van der Waals surface area contributed by atoms with Crippen molar-refractivity contribution in [3.05, 3.63) is 87.7 Å². The van der Waals surface area contributed by atoms with E-state index in [1.807, 2.05) is 19.1 Å². The van der Waals surface area contributed by atoms with Crippen molar-refractivity contribution in [2.45, 2.75) is 6.92 Å². The maximum absolute atomic E-state index is 11.9. The standard InChI is InChI=1S/C18H13N5O2/c1-12-10-15(22-23-19)8-7-13(12)4-2-6-16-18(24)25-17(21-16)14-5-3-9-20-11-14/h2-11H,1H3. The Balaban J connectivity index is 1.79. The molecule has 2 aromatic rings. The zero-order valence-electron chi connectivity index (χ0n) is 13.3. The molecule has 0 fully saturated rings. The van der Waals surface area contributed by atoms with Gasteiger partial charge in [0.1, 0.15) is 0 Å². The number of allylic oxidation sites excluding steroid dienone is 2. The minimum atomic E-state index is -0.501. The van der Waals surface area contributed by atoms with Crippen molar-refractivity contribution in [3.63, 3.8) is 0 Å². The molecule has 0 atom stereocenters. The topological polar surface area (TPSA) is 100 Å². The number of pyridine rings is 1. The van der Waals surface area contributed by atoms with Crippen LogP contribution in [0.4, 0.5) is 5.69 Å². The fourth-order valence-corrected chi connectivity index (χ4v) is 2.24. The van der Waals surface area contributed by atoms with Crippen LogP contribution in [0, 0.1) is 6.92 Å². The molecular formula is C18H13N5O2. The van der Waals surface area contributed by atoms with Gasteiger partial charge in [0.05, 0.1) is 5.56 Å². The van der Waals surface area contributed by atoms with Crippen molar-refractivity contribution < 1.29 is 9.53 Å². The Morgan fingerprint density at radius 1 is 1.32 bits per heavy atom. The van der Waals surface area contributed by atoms with E-state index in [1.165, 1.54) is 0 Å². The van der Waals surface area contributed by atoms with Crippen LogP contribution in [0.1, 0.15) is 16.7 Å². The molecule has 0 saturated carbocycles. The Morgan fingerprint density at radius 3 is 2.92 bits per heavy atom. The van der Waals surface area contributed by atoms with Crippen LogP contribution in [-0.2, 0) is 9.53 Å². The summed E-state index contributed by atoms with van der Waals surface area (Å²) in [7, 11) is 0. The summed E-state index contributed by atoms with van der Waals surface area (Å²) in [4.78, 5) is 22.8. The average Bonchev–Trinajstić information content (AvgIpc) is 2.99. The van der Waals surface area contributed by atoms with Gasteiger partial charge in [-0.25, -0.2) is 9.79 Å². The molecule has 0 bridgehead atoms. The Hall–Kier alpha value is -3.70. The van der Waals surface area contributed by atoms with Crippen LogP contribution >= 0.6 is 0 Å². The molecule has 1 aromatic heterocycles. The van der Waals surface area contributed by atoms with E-state index in [1.54, 1.807) is 48.8 Å². The van der Waals surface area contributed by atoms with E-state index < -0.39 is 5.97 Å². The number of rotatable bonds is 4. The minimum absolute atomic E-state index is 0.221. The largest absolute Gasteiger partial charge is 0.402 e. The SMILES string of the molecule is Cc1cc(N=[N+]=[N-])ccc1C=CC=C1N=C(c2cccnc2)OC1=O. The van der Waals surface area contributed by atoms with E-state index in [0.29, 0.717) is 11.3 Å². The third kappa shape index (κ3) is 3.80.